The average molecular weight is 369 g/mol. The number of aromatic amines is 1. The second-order valence-corrected chi connectivity index (χ2v) is 6.24. The number of rotatable bonds is 7. The molecular formula is C17H15N5O3S. The predicted molar refractivity (Wildman–Crippen MR) is 95.3 cm³/mol. The highest BCUT2D eigenvalue weighted by atomic mass is 32.1. The maximum atomic E-state index is 12.7. The van der Waals surface area contributed by atoms with Crippen molar-refractivity contribution in [3.8, 4) is 11.3 Å². The maximum Gasteiger partial charge on any atom is 0.287 e. The monoisotopic (exact) mass is 369 g/mol. The molecule has 0 saturated heterocycles. The molecule has 0 aliphatic carbocycles. The zero-order valence-corrected chi connectivity index (χ0v) is 14.3. The number of hydrogen-bond acceptors (Lipinski definition) is 6. The van der Waals surface area contributed by atoms with Gasteiger partial charge in [-0.25, -0.2) is 0 Å². The van der Waals surface area contributed by atoms with Crippen molar-refractivity contribution in [1.29, 1.82) is 0 Å². The number of nitrogens with one attached hydrogen (secondary N) is 2. The summed E-state index contributed by atoms with van der Waals surface area (Å²) >= 11 is 0.985. The van der Waals surface area contributed by atoms with Crippen molar-refractivity contribution in [3.63, 3.8) is 0 Å². The molecule has 0 aromatic carbocycles. The fourth-order valence-corrected chi connectivity index (χ4v) is 3.09. The van der Waals surface area contributed by atoms with Crippen LogP contribution in [0, 0.1) is 0 Å². The molecule has 8 nitrogen and oxygen atoms in total. The van der Waals surface area contributed by atoms with Crippen molar-refractivity contribution in [2.75, 3.05) is 0 Å². The lowest BCUT2D eigenvalue weighted by atomic mass is 10.1. The minimum atomic E-state index is -1.10. The topological polar surface area (TPSA) is 131 Å². The first kappa shape index (κ1) is 17.5. The lowest BCUT2D eigenvalue weighted by Gasteiger charge is -2.15. The largest absolute Gasteiger partial charge is 0.365 e. The van der Waals surface area contributed by atoms with Crippen LogP contribution in [-0.2, 0) is 16.0 Å². The summed E-state index contributed by atoms with van der Waals surface area (Å²) in [5, 5.41) is 2.58. The first-order valence-electron chi connectivity index (χ1n) is 7.69. The third-order valence-electron chi connectivity index (χ3n) is 3.67. The third-order valence-corrected chi connectivity index (χ3v) is 4.47. The number of H-pyrrole nitrogens is 1. The quantitative estimate of drug-likeness (QED) is 0.533. The molecule has 0 saturated carbocycles. The van der Waals surface area contributed by atoms with E-state index in [0.29, 0.717) is 21.8 Å². The number of hydrogen-bond donors (Lipinski definition) is 3. The van der Waals surface area contributed by atoms with E-state index < -0.39 is 23.6 Å². The SMILES string of the molecule is NC(=O)C(=O)C(Cc1ccc[nH]1)NC(=O)c1sncc1-c1ccccn1. The molecule has 0 aliphatic heterocycles. The Morgan fingerprint density at radius 3 is 2.73 bits per heavy atom. The van der Waals surface area contributed by atoms with Crippen LogP contribution in [-0.4, -0.2) is 38.0 Å². The number of nitrogens with zero attached hydrogens (tertiary/aromatic N) is 2. The van der Waals surface area contributed by atoms with E-state index in [2.05, 4.69) is 19.7 Å². The van der Waals surface area contributed by atoms with Crippen LogP contribution in [0.3, 0.4) is 0 Å². The molecule has 132 valence electrons. The standard InChI is InChI=1S/C17H15N5O3S/c18-16(24)14(23)13(8-10-4-3-7-19-10)22-17(25)15-11(9-21-26-15)12-5-1-2-6-20-12/h1-7,9,13,19H,8H2,(H2,18,24)(H,22,25). The Balaban J connectivity index is 1.83. The molecule has 26 heavy (non-hydrogen) atoms. The van der Waals surface area contributed by atoms with Crippen molar-refractivity contribution in [1.82, 2.24) is 19.7 Å². The first-order chi connectivity index (χ1) is 12.6. The van der Waals surface area contributed by atoms with Gasteiger partial charge in [-0.3, -0.25) is 19.4 Å². The van der Waals surface area contributed by atoms with Crippen LogP contribution < -0.4 is 11.1 Å². The van der Waals surface area contributed by atoms with Gasteiger partial charge in [0.15, 0.2) is 0 Å². The lowest BCUT2D eigenvalue weighted by Crippen LogP contribution is -2.47. The Morgan fingerprint density at radius 2 is 2.08 bits per heavy atom. The molecule has 0 spiro atoms. The minimum Gasteiger partial charge on any atom is -0.365 e. The van der Waals surface area contributed by atoms with Crippen LogP contribution in [0.25, 0.3) is 11.3 Å². The van der Waals surface area contributed by atoms with E-state index in [0.717, 1.165) is 11.5 Å². The second kappa shape index (κ2) is 7.70. The molecule has 2 amide bonds. The van der Waals surface area contributed by atoms with Gasteiger partial charge in [-0.15, -0.1) is 0 Å². The molecule has 3 aromatic rings. The van der Waals surface area contributed by atoms with Gasteiger partial charge in [-0.1, -0.05) is 6.07 Å². The van der Waals surface area contributed by atoms with Crippen molar-refractivity contribution in [2.45, 2.75) is 12.5 Å². The van der Waals surface area contributed by atoms with Crippen LogP contribution >= 0.6 is 11.5 Å². The molecule has 9 heteroatoms. The Morgan fingerprint density at radius 1 is 1.23 bits per heavy atom. The normalized spacial score (nSPS) is 11.7. The van der Waals surface area contributed by atoms with Crippen molar-refractivity contribution >= 4 is 29.1 Å². The van der Waals surface area contributed by atoms with Crippen LogP contribution in [0.1, 0.15) is 15.4 Å². The van der Waals surface area contributed by atoms with Crippen molar-refractivity contribution in [2.24, 2.45) is 5.73 Å². The number of pyridine rings is 1. The predicted octanol–water partition coefficient (Wildman–Crippen LogP) is 0.929. The Kier molecular flexibility index (Phi) is 5.18. The summed E-state index contributed by atoms with van der Waals surface area (Å²) in [6, 6.07) is 7.75. The molecular weight excluding hydrogens is 354 g/mol. The van der Waals surface area contributed by atoms with E-state index in [-0.39, 0.29) is 6.42 Å². The molecule has 4 N–H and O–H groups in total. The first-order valence-corrected chi connectivity index (χ1v) is 8.46. The van der Waals surface area contributed by atoms with Crippen LogP contribution in [0.5, 0.6) is 0 Å². The van der Waals surface area contributed by atoms with Gasteiger partial charge in [0.05, 0.1) is 11.9 Å². The van der Waals surface area contributed by atoms with Crippen LogP contribution in [0.2, 0.25) is 0 Å². The molecule has 0 radical (unpaired) electrons. The van der Waals surface area contributed by atoms with E-state index in [1.807, 2.05) is 0 Å². The van der Waals surface area contributed by atoms with Gasteiger partial charge in [0, 0.05) is 30.1 Å². The molecule has 0 aliphatic rings. The smallest absolute Gasteiger partial charge is 0.287 e. The number of primary amides is 1. The number of ketones is 1. The van der Waals surface area contributed by atoms with E-state index >= 15 is 0 Å². The maximum absolute atomic E-state index is 12.7. The van der Waals surface area contributed by atoms with E-state index in [1.165, 1.54) is 6.20 Å². The van der Waals surface area contributed by atoms with Crippen LogP contribution in [0.4, 0.5) is 0 Å². The summed E-state index contributed by atoms with van der Waals surface area (Å²) in [7, 11) is 0. The highest BCUT2D eigenvalue weighted by Crippen LogP contribution is 2.24. The lowest BCUT2D eigenvalue weighted by molar-refractivity contribution is -0.137. The minimum absolute atomic E-state index is 0.123. The summed E-state index contributed by atoms with van der Waals surface area (Å²) in [4.78, 5) is 43.5. The van der Waals surface area contributed by atoms with Gasteiger partial charge in [0.25, 0.3) is 11.8 Å². The van der Waals surface area contributed by atoms with E-state index in [9.17, 15) is 14.4 Å². The number of amides is 2. The fraction of sp³-hybridized carbons (Fsp3) is 0.118. The average Bonchev–Trinajstić information content (AvgIpc) is 3.32. The summed E-state index contributed by atoms with van der Waals surface area (Å²) in [6.45, 7) is 0. The van der Waals surface area contributed by atoms with Gasteiger partial charge in [0.2, 0.25) is 5.78 Å². The number of Topliss-reactive ketones (excluding diaryl/α,β-unsaturated/α-hetero) is 1. The second-order valence-electron chi connectivity index (χ2n) is 5.44. The highest BCUT2D eigenvalue weighted by molar-refractivity contribution is 7.08. The fourth-order valence-electron chi connectivity index (χ4n) is 2.43. The molecule has 0 bridgehead atoms. The molecule has 3 rings (SSSR count). The van der Waals surface area contributed by atoms with Crippen LogP contribution in [0.15, 0.2) is 48.9 Å². The Hall–Kier alpha value is -3.33. The van der Waals surface area contributed by atoms with Gasteiger partial charge in [0.1, 0.15) is 10.9 Å². The highest BCUT2D eigenvalue weighted by Gasteiger charge is 2.28. The molecule has 3 heterocycles. The summed E-state index contributed by atoms with van der Waals surface area (Å²) in [5.74, 6) is -2.48. The number of nitrogens with two attached hydrogens (primary N) is 1. The number of carbonyl (C=O) groups excluding carboxylic acids is 3. The van der Waals surface area contributed by atoms with Gasteiger partial charge in [-0.05, 0) is 35.8 Å². The van der Waals surface area contributed by atoms with E-state index in [1.54, 1.807) is 42.7 Å². The van der Waals surface area contributed by atoms with Gasteiger partial charge < -0.3 is 16.0 Å². The van der Waals surface area contributed by atoms with Crippen molar-refractivity contribution in [3.05, 3.63) is 59.5 Å². The molecule has 0 fully saturated rings. The summed E-state index contributed by atoms with van der Waals surface area (Å²) in [5.41, 5.74) is 6.95. The third kappa shape index (κ3) is 3.83. The Labute approximate surface area is 152 Å². The molecule has 1 atom stereocenters. The van der Waals surface area contributed by atoms with E-state index in [4.69, 9.17) is 5.73 Å². The number of aromatic nitrogens is 3. The van der Waals surface area contributed by atoms with Gasteiger partial charge in [-0.2, -0.15) is 4.37 Å². The van der Waals surface area contributed by atoms with Gasteiger partial charge >= 0.3 is 0 Å². The zero-order valence-electron chi connectivity index (χ0n) is 13.5. The Bertz CT molecular complexity index is 921. The summed E-state index contributed by atoms with van der Waals surface area (Å²) in [6.07, 6.45) is 4.96. The molecule has 3 aromatic heterocycles. The molecule has 1 unspecified atom stereocenters. The number of carbonyl (C=O) groups is 3. The van der Waals surface area contributed by atoms with Crippen molar-refractivity contribution < 1.29 is 14.4 Å². The summed E-state index contributed by atoms with van der Waals surface area (Å²) < 4.78 is 4.04. The zero-order chi connectivity index (χ0) is 18.5.